The van der Waals surface area contributed by atoms with Gasteiger partial charge in [0.05, 0.1) is 36.2 Å². The molecule has 5 nitrogen and oxygen atoms in total. The molecule has 0 unspecified atom stereocenters. The van der Waals surface area contributed by atoms with Crippen molar-refractivity contribution in [3.63, 3.8) is 0 Å². The molecule has 0 spiro atoms. The van der Waals surface area contributed by atoms with Gasteiger partial charge in [-0.1, -0.05) is 15.9 Å². The second-order valence-electron chi connectivity index (χ2n) is 5.40. The van der Waals surface area contributed by atoms with Gasteiger partial charge in [-0.15, -0.1) is 0 Å². The van der Waals surface area contributed by atoms with Crippen LogP contribution in [0, 0.1) is 11.3 Å². The fraction of sp³-hybridized carbons (Fsp3) is 0.222. The normalized spacial score (nSPS) is 14.1. The van der Waals surface area contributed by atoms with E-state index in [-0.39, 0.29) is 5.91 Å². The molecule has 1 aliphatic rings. The van der Waals surface area contributed by atoms with Gasteiger partial charge in [0.25, 0.3) is 5.91 Å². The molecular weight excluding hydrogens is 370 g/mol. The van der Waals surface area contributed by atoms with Gasteiger partial charge < -0.3 is 15.0 Å². The van der Waals surface area contributed by atoms with E-state index < -0.39 is 0 Å². The molecule has 3 rings (SSSR count). The Balaban J connectivity index is 1.83. The van der Waals surface area contributed by atoms with Gasteiger partial charge in [-0.25, -0.2) is 0 Å². The smallest absolute Gasteiger partial charge is 0.255 e. The topological polar surface area (TPSA) is 65.4 Å². The molecule has 1 saturated heterocycles. The molecule has 1 amide bonds. The van der Waals surface area contributed by atoms with E-state index in [0.717, 1.165) is 28.9 Å². The molecule has 0 aromatic heterocycles. The zero-order valence-corrected chi connectivity index (χ0v) is 14.5. The lowest BCUT2D eigenvalue weighted by atomic mass is 10.1. The Labute approximate surface area is 149 Å². The molecule has 0 radical (unpaired) electrons. The van der Waals surface area contributed by atoms with E-state index in [1.807, 2.05) is 24.3 Å². The summed E-state index contributed by atoms with van der Waals surface area (Å²) in [4.78, 5) is 14.7. The van der Waals surface area contributed by atoms with Crippen molar-refractivity contribution in [3.05, 3.63) is 58.1 Å². The number of benzene rings is 2. The third kappa shape index (κ3) is 3.75. The lowest BCUT2D eigenvalue weighted by molar-refractivity contribution is 0.102. The van der Waals surface area contributed by atoms with Crippen LogP contribution in [0.15, 0.2) is 46.9 Å². The second kappa shape index (κ2) is 7.47. The van der Waals surface area contributed by atoms with Gasteiger partial charge in [0.15, 0.2) is 0 Å². The van der Waals surface area contributed by atoms with Crippen LogP contribution in [-0.2, 0) is 4.74 Å². The fourth-order valence-electron chi connectivity index (χ4n) is 2.58. The number of carbonyl (C=O) groups is 1. The van der Waals surface area contributed by atoms with Crippen LogP contribution in [0.25, 0.3) is 0 Å². The van der Waals surface area contributed by atoms with Crippen LogP contribution in [0.1, 0.15) is 15.9 Å². The zero-order chi connectivity index (χ0) is 16.9. The van der Waals surface area contributed by atoms with Crippen molar-refractivity contribution < 1.29 is 9.53 Å². The van der Waals surface area contributed by atoms with Crippen molar-refractivity contribution in [2.75, 3.05) is 36.5 Å². The Morgan fingerprint density at radius 1 is 1.17 bits per heavy atom. The van der Waals surface area contributed by atoms with E-state index in [4.69, 9.17) is 10.00 Å². The van der Waals surface area contributed by atoms with Gasteiger partial charge in [0.2, 0.25) is 0 Å². The zero-order valence-electron chi connectivity index (χ0n) is 13.0. The van der Waals surface area contributed by atoms with Gasteiger partial charge in [-0.2, -0.15) is 5.26 Å². The number of halogens is 1. The molecule has 0 bridgehead atoms. The van der Waals surface area contributed by atoms with Crippen LogP contribution in [0.2, 0.25) is 0 Å². The highest BCUT2D eigenvalue weighted by Gasteiger charge is 2.17. The number of nitriles is 1. The fourth-order valence-corrected chi connectivity index (χ4v) is 2.94. The largest absolute Gasteiger partial charge is 0.378 e. The lowest BCUT2D eigenvalue weighted by Crippen LogP contribution is -2.36. The summed E-state index contributed by atoms with van der Waals surface area (Å²) in [5.74, 6) is -0.202. The first-order valence-electron chi connectivity index (χ1n) is 7.61. The predicted octanol–water partition coefficient (Wildman–Crippen LogP) is 3.41. The molecule has 0 atom stereocenters. The van der Waals surface area contributed by atoms with E-state index in [1.165, 1.54) is 0 Å². The SMILES string of the molecule is N#Cc1ccc(C(=O)Nc2cc(Br)ccc2N2CCOCC2)cc1. The van der Waals surface area contributed by atoms with Gasteiger partial charge in [0, 0.05) is 23.1 Å². The molecule has 0 aliphatic carbocycles. The molecule has 24 heavy (non-hydrogen) atoms. The van der Waals surface area contributed by atoms with Crippen molar-refractivity contribution in [2.24, 2.45) is 0 Å². The number of hydrogen-bond donors (Lipinski definition) is 1. The van der Waals surface area contributed by atoms with Crippen molar-refractivity contribution in [2.45, 2.75) is 0 Å². The third-order valence-electron chi connectivity index (χ3n) is 3.83. The molecular formula is C18H16BrN3O2. The molecule has 1 fully saturated rings. The average molecular weight is 386 g/mol. The second-order valence-corrected chi connectivity index (χ2v) is 6.32. The number of amides is 1. The highest BCUT2D eigenvalue weighted by atomic mass is 79.9. The highest BCUT2D eigenvalue weighted by molar-refractivity contribution is 9.10. The summed E-state index contributed by atoms with van der Waals surface area (Å²) in [7, 11) is 0. The number of carbonyl (C=O) groups excluding carboxylic acids is 1. The number of hydrogen-bond acceptors (Lipinski definition) is 4. The first-order chi connectivity index (χ1) is 11.7. The number of ether oxygens (including phenoxy) is 1. The summed E-state index contributed by atoms with van der Waals surface area (Å²) in [5.41, 5.74) is 2.77. The van der Waals surface area contributed by atoms with Crippen LogP contribution in [-0.4, -0.2) is 32.2 Å². The van der Waals surface area contributed by atoms with Crippen LogP contribution in [0.4, 0.5) is 11.4 Å². The molecule has 1 aliphatic heterocycles. The van der Waals surface area contributed by atoms with Crippen molar-refractivity contribution >= 4 is 33.2 Å². The average Bonchev–Trinajstić information content (AvgIpc) is 2.62. The minimum absolute atomic E-state index is 0.202. The maximum absolute atomic E-state index is 12.5. The summed E-state index contributed by atoms with van der Waals surface area (Å²) in [6, 6.07) is 14.5. The summed E-state index contributed by atoms with van der Waals surface area (Å²) < 4.78 is 6.29. The van der Waals surface area contributed by atoms with Crippen LogP contribution < -0.4 is 10.2 Å². The molecule has 2 aromatic carbocycles. The Hall–Kier alpha value is -2.36. The first kappa shape index (κ1) is 16.5. The third-order valence-corrected chi connectivity index (χ3v) is 4.33. The van der Waals surface area contributed by atoms with E-state index in [0.29, 0.717) is 24.3 Å². The molecule has 1 N–H and O–H groups in total. The summed E-state index contributed by atoms with van der Waals surface area (Å²) >= 11 is 3.45. The number of nitrogens with one attached hydrogen (secondary N) is 1. The van der Waals surface area contributed by atoms with Crippen molar-refractivity contribution in [1.29, 1.82) is 5.26 Å². The number of nitrogens with zero attached hydrogens (tertiary/aromatic N) is 2. The van der Waals surface area contributed by atoms with Gasteiger partial charge in [-0.3, -0.25) is 4.79 Å². The Morgan fingerprint density at radius 3 is 2.54 bits per heavy atom. The number of anilines is 2. The van der Waals surface area contributed by atoms with Gasteiger partial charge in [0.1, 0.15) is 0 Å². The molecule has 0 saturated carbocycles. The Morgan fingerprint density at radius 2 is 1.88 bits per heavy atom. The first-order valence-corrected chi connectivity index (χ1v) is 8.40. The molecule has 122 valence electrons. The summed E-state index contributed by atoms with van der Waals surface area (Å²) in [6.45, 7) is 2.95. The van der Waals surface area contributed by atoms with E-state index >= 15 is 0 Å². The molecule has 6 heteroatoms. The van der Waals surface area contributed by atoms with Crippen molar-refractivity contribution in [3.8, 4) is 6.07 Å². The van der Waals surface area contributed by atoms with Crippen molar-refractivity contribution in [1.82, 2.24) is 0 Å². The van der Waals surface area contributed by atoms with Gasteiger partial charge >= 0.3 is 0 Å². The lowest BCUT2D eigenvalue weighted by Gasteiger charge is -2.30. The van der Waals surface area contributed by atoms with Crippen LogP contribution in [0.3, 0.4) is 0 Å². The minimum atomic E-state index is -0.202. The van der Waals surface area contributed by atoms with E-state index in [1.54, 1.807) is 24.3 Å². The molecule has 2 aromatic rings. The Bertz CT molecular complexity index is 778. The standard InChI is InChI=1S/C18H16BrN3O2/c19-15-5-6-17(22-7-9-24-10-8-22)16(11-15)21-18(23)14-3-1-13(12-20)2-4-14/h1-6,11H,7-10H2,(H,21,23). The van der Waals surface area contributed by atoms with E-state index in [2.05, 4.69) is 26.1 Å². The number of morpholine rings is 1. The Kier molecular flexibility index (Phi) is 5.14. The quantitative estimate of drug-likeness (QED) is 0.878. The maximum Gasteiger partial charge on any atom is 0.255 e. The monoisotopic (exact) mass is 385 g/mol. The summed E-state index contributed by atoms with van der Waals surface area (Å²) in [6.07, 6.45) is 0. The minimum Gasteiger partial charge on any atom is -0.378 e. The van der Waals surface area contributed by atoms with Crippen LogP contribution in [0.5, 0.6) is 0 Å². The summed E-state index contributed by atoms with van der Waals surface area (Å²) in [5, 5.41) is 11.8. The maximum atomic E-state index is 12.5. The predicted molar refractivity (Wildman–Crippen MR) is 96.3 cm³/mol. The van der Waals surface area contributed by atoms with E-state index in [9.17, 15) is 4.79 Å². The van der Waals surface area contributed by atoms with Crippen LogP contribution >= 0.6 is 15.9 Å². The molecule has 1 heterocycles. The number of rotatable bonds is 3. The van der Waals surface area contributed by atoms with Gasteiger partial charge in [-0.05, 0) is 42.5 Å². The highest BCUT2D eigenvalue weighted by Crippen LogP contribution is 2.30.